The molecule has 0 atom stereocenters. The van der Waals surface area contributed by atoms with Crippen LogP contribution >= 0.6 is 47.8 Å². The van der Waals surface area contributed by atoms with E-state index in [4.69, 9.17) is 9.72 Å². The first-order valence-electron chi connectivity index (χ1n) is 10.6. The fraction of sp³-hybridized carbons (Fsp3) is 0.192. The highest BCUT2D eigenvalue weighted by atomic mass is 79.9. The van der Waals surface area contributed by atoms with Crippen molar-refractivity contribution in [2.75, 3.05) is 0 Å². The van der Waals surface area contributed by atoms with Crippen LogP contribution in [0.5, 0.6) is 5.75 Å². The van der Waals surface area contributed by atoms with Crippen LogP contribution in [0.3, 0.4) is 0 Å². The van der Waals surface area contributed by atoms with Gasteiger partial charge in [-0.05, 0) is 73.3 Å². The van der Waals surface area contributed by atoms with E-state index in [9.17, 15) is 4.79 Å². The highest BCUT2D eigenvalue weighted by molar-refractivity contribution is 9.11. The van der Waals surface area contributed by atoms with Gasteiger partial charge >= 0.3 is 0 Å². The van der Waals surface area contributed by atoms with E-state index >= 15 is 0 Å². The Balaban J connectivity index is 1.70. The van der Waals surface area contributed by atoms with Crippen molar-refractivity contribution in [2.24, 2.45) is 5.10 Å². The normalized spacial score (nSPS) is 11.9. The molecular weight excluding hydrogens is 626 g/mol. The second-order valence-electron chi connectivity index (χ2n) is 8.80. The van der Waals surface area contributed by atoms with Gasteiger partial charge in [-0.25, -0.2) is 4.98 Å². The van der Waals surface area contributed by atoms with Gasteiger partial charge in [0.05, 0.1) is 26.1 Å². The molecule has 8 heteroatoms. The molecule has 0 radical (unpaired) electrons. The Kier molecular flexibility index (Phi) is 7.40. The Hall–Kier alpha value is -2.29. The van der Waals surface area contributed by atoms with E-state index in [2.05, 4.69) is 52.9 Å². The molecule has 0 amide bonds. The predicted octanol–water partition coefficient (Wildman–Crippen LogP) is 7.44. The first-order chi connectivity index (χ1) is 16.1. The Labute approximate surface area is 223 Å². The van der Waals surface area contributed by atoms with Gasteiger partial charge in [0.1, 0.15) is 18.2 Å². The molecule has 174 valence electrons. The molecule has 0 bridgehead atoms. The van der Waals surface area contributed by atoms with E-state index in [0.717, 1.165) is 24.5 Å². The average Bonchev–Trinajstić information content (AvgIpc) is 2.78. The first kappa shape index (κ1) is 24.8. The summed E-state index contributed by atoms with van der Waals surface area (Å²) in [5.41, 5.74) is 1.93. The Morgan fingerprint density at radius 1 is 1.00 bits per heavy atom. The summed E-state index contributed by atoms with van der Waals surface area (Å²) in [5.74, 6) is 1.29. The van der Waals surface area contributed by atoms with Crippen LogP contribution in [0, 0.1) is 0 Å². The number of hydrogen-bond donors (Lipinski definition) is 0. The van der Waals surface area contributed by atoms with Crippen molar-refractivity contribution in [3.8, 4) is 5.75 Å². The molecule has 4 aromatic rings. The van der Waals surface area contributed by atoms with Crippen LogP contribution in [0.15, 0.2) is 84.0 Å². The number of hydrogen-bond acceptors (Lipinski definition) is 4. The fourth-order valence-electron chi connectivity index (χ4n) is 3.39. The minimum absolute atomic E-state index is 0.214. The summed E-state index contributed by atoms with van der Waals surface area (Å²) in [6.45, 7) is 6.49. The summed E-state index contributed by atoms with van der Waals surface area (Å²) < 4.78 is 9.77. The van der Waals surface area contributed by atoms with E-state index in [0.29, 0.717) is 29.1 Å². The molecule has 0 spiro atoms. The van der Waals surface area contributed by atoms with Crippen LogP contribution in [0.25, 0.3) is 10.9 Å². The number of halogens is 3. The Morgan fingerprint density at radius 3 is 2.32 bits per heavy atom. The molecule has 0 fully saturated rings. The lowest BCUT2D eigenvalue weighted by Crippen LogP contribution is -2.29. The van der Waals surface area contributed by atoms with Crippen molar-refractivity contribution in [1.82, 2.24) is 9.66 Å². The van der Waals surface area contributed by atoms with Crippen molar-refractivity contribution in [3.63, 3.8) is 0 Å². The van der Waals surface area contributed by atoms with E-state index < -0.39 is 0 Å². The van der Waals surface area contributed by atoms with Gasteiger partial charge in [0.2, 0.25) is 0 Å². The molecule has 1 aromatic heterocycles. The second-order valence-corrected chi connectivity index (χ2v) is 11.4. The maximum atomic E-state index is 13.3. The van der Waals surface area contributed by atoms with Gasteiger partial charge < -0.3 is 4.74 Å². The third kappa shape index (κ3) is 5.50. The smallest absolute Gasteiger partial charge is 0.282 e. The molecule has 4 rings (SSSR count). The second kappa shape index (κ2) is 10.1. The molecule has 0 saturated heterocycles. The summed E-state index contributed by atoms with van der Waals surface area (Å²) in [5, 5.41) is 5.05. The minimum atomic E-state index is -0.381. The van der Waals surface area contributed by atoms with E-state index in [1.165, 1.54) is 4.68 Å². The largest absolute Gasteiger partial charge is 0.487 e. The van der Waals surface area contributed by atoms with E-state index in [1.807, 2.05) is 75.4 Å². The lowest BCUT2D eigenvalue weighted by atomic mass is 9.95. The predicted molar refractivity (Wildman–Crippen MR) is 148 cm³/mol. The van der Waals surface area contributed by atoms with Gasteiger partial charge in [-0.2, -0.15) is 9.78 Å². The van der Waals surface area contributed by atoms with Gasteiger partial charge in [-0.15, -0.1) is 0 Å². The van der Waals surface area contributed by atoms with Crippen molar-refractivity contribution < 1.29 is 4.74 Å². The van der Waals surface area contributed by atoms with Crippen LogP contribution in [-0.4, -0.2) is 15.9 Å². The van der Waals surface area contributed by atoms with E-state index in [-0.39, 0.29) is 11.0 Å². The fourth-order valence-corrected chi connectivity index (χ4v) is 5.20. The molecule has 3 aromatic carbocycles. The molecule has 0 aliphatic heterocycles. The zero-order valence-electron chi connectivity index (χ0n) is 18.8. The topological polar surface area (TPSA) is 56.5 Å². The van der Waals surface area contributed by atoms with Crippen molar-refractivity contribution in [3.05, 3.63) is 101 Å². The number of fused-ring (bicyclic) bond motifs is 1. The third-order valence-corrected chi connectivity index (χ3v) is 6.72. The molecule has 0 saturated carbocycles. The van der Waals surface area contributed by atoms with Crippen LogP contribution in [0.1, 0.15) is 37.7 Å². The lowest BCUT2D eigenvalue weighted by molar-refractivity contribution is 0.302. The average molecular weight is 648 g/mol. The molecule has 0 unspecified atom stereocenters. The SMILES string of the molecule is CC(C)(C)c1nc2ccc(Br)cc2c(=O)n1N=Cc1cc(Br)c(OCc2ccccc2)c(Br)c1. The van der Waals surface area contributed by atoms with Gasteiger partial charge in [0, 0.05) is 9.89 Å². The lowest BCUT2D eigenvalue weighted by Gasteiger charge is -2.21. The van der Waals surface area contributed by atoms with Crippen LogP contribution in [-0.2, 0) is 12.0 Å². The van der Waals surface area contributed by atoms with Crippen molar-refractivity contribution in [2.45, 2.75) is 32.8 Å². The Morgan fingerprint density at radius 2 is 1.68 bits per heavy atom. The molecule has 1 heterocycles. The monoisotopic (exact) mass is 645 g/mol. The summed E-state index contributed by atoms with van der Waals surface area (Å²) in [6, 6.07) is 19.3. The number of nitrogens with zero attached hydrogens (tertiary/aromatic N) is 3. The summed E-state index contributed by atoms with van der Waals surface area (Å²) in [6.07, 6.45) is 1.65. The summed E-state index contributed by atoms with van der Waals surface area (Å²) in [4.78, 5) is 18.1. The molecule has 0 aliphatic rings. The Bertz CT molecular complexity index is 1420. The van der Waals surface area contributed by atoms with E-state index in [1.54, 1.807) is 12.3 Å². The molecule has 34 heavy (non-hydrogen) atoms. The minimum Gasteiger partial charge on any atom is -0.487 e. The highest BCUT2D eigenvalue weighted by Crippen LogP contribution is 2.35. The summed E-state index contributed by atoms with van der Waals surface area (Å²) >= 11 is 10.6. The zero-order chi connectivity index (χ0) is 24.5. The molecule has 0 N–H and O–H groups in total. The molecule has 0 aliphatic carbocycles. The quantitative estimate of drug-likeness (QED) is 0.212. The maximum absolute atomic E-state index is 13.3. The van der Waals surface area contributed by atoms with Crippen LogP contribution in [0.4, 0.5) is 0 Å². The standard InChI is InChI=1S/C26H22Br3N3O2/c1-26(2,3)25-31-22-10-9-18(27)13-19(22)24(33)32(25)30-14-17-11-20(28)23(21(29)12-17)34-15-16-7-5-4-6-8-16/h4-14H,15H2,1-3H3. The third-order valence-electron chi connectivity index (χ3n) is 5.05. The van der Waals surface area contributed by atoms with Gasteiger partial charge in [0.15, 0.2) is 0 Å². The highest BCUT2D eigenvalue weighted by Gasteiger charge is 2.23. The van der Waals surface area contributed by atoms with Crippen molar-refractivity contribution >= 4 is 64.9 Å². The van der Waals surface area contributed by atoms with Crippen molar-refractivity contribution in [1.29, 1.82) is 0 Å². The number of benzene rings is 3. The van der Waals surface area contributed by atoms with Gasteiger partial charge in [-0.1, -0.05) is 67.0 Å². The van der Waals surface area contributed by atoms with Crippen LogP contribution < -0.4 is 10.3 Å². The molecule has 5 nitrogen and oxygen atoms in total. The summed E-state index contributed by atoms with van der Waals surface area (Å²) in [7, 11) is 0. The molecular formula is C26H22Br3N3O2. The van der Waals surface area contributed by atoms with Crippen LogP contribution in [0.2, 0.25) is 0 Å². The number of aromatic nitrogens is 2. The maximum Gasteiger partial charge on any atom is 0.282 e. The first-order valence-corrected chi connectivity index (χ1v) is 12.9. The number of rotatable bonds is 5. The zero-order valence-corrected chi connectivity index (χ0v) is 23.6. The van der Waals surface area contributed by atoms with Gasteiger partial charge in [0.25, 0.3) is 5.56 Å². The van der Waals surface area contributed by atoms with Gasteiger partial charge in [-0.3, -0.25) is 4.79 Å². The number of ether oxygens (including phenoxy) is 1.